The second-order valence-electron chi connectivity index (χ2n) is 13.8. The summed E-state index contributed by atoms with van der Waals surface area (Å²) in [5, 5.41) is 13.4. The number of amides is 2. The number of carbonyl (C=O) groups excluding carboxylic acids is 3. The number of anilines is 1. The second-order valence-corrected chi connectivity index (χ2v) is 13.8. The minimum Gasteiger partial charge on any atom is -0.459 e. The minimum atomic E-state index is -0.775. The molecule has 0 aliphatic carbocycles. The summed E-state index contributed by atoms with van der Waals surface area (Å²) in [5.74, 6) is -0.498. The fourth-order valence-electron chi connectivity index (χ4n) is 5.97. The molecule has 1 aromatic carbocycles. The number of nitrogens with zero attached hydrogens (tertiary/aromatic N) is 3. The van der Waals surface area contributed by atoms with Gasteiger partial charge in [0.2, 0.25) is 7.34 Å². The molecule has 2 amide bonds. The van der Waals surface area contributed by atoms with E-state index in [9.17, 15) is 19.2 Å². The van der Waals surface area contributed by atoms with Crippen molar-refractivity contribution in [3.05, 3.63) is 76.0 Å². The lowest BCUT2D eigenvalue weighted by Crippen LogP contribution is -2.31. The molecular formula is C42H62N6O10. The van der Waals surface area contributed by atoms with Gasteiger partial charge in [0.25, 0.3) is 5.91 Å². The van der Waals surface area contributed by atoms with Gasteiger partial charge < -0.3 is 44.7 Å². The van der Waals surface area contributed by atoms with E-state index in [1.54, 1.807) is 24.5 Å². The number of carbonyl (C=O) groups is 3. The first kappa shape index (κ1) is 44.4. The van der Waals surface area contributed by atoms with Crippen molar-refractivity contribution in [2.24, 2.45) is 0 Å². The molecule has 4 N–H and O–H groups in total. The van der Waals surface area contributed by atoms with Crippen molar-refractivity contribution in [1.29, 1.82) is 1.43 Å². The number of rotatable bonds is 27. The minimum absolute atomic E-state index is 0.00536. The molecule has 16 nitrogen and oxygen atoms in total. The Morgan fingerprint density at radius 1 is 0.983 bits per heavy atom. The Hall–Kier alpha value is -4.74. The van der Waals surface area contributed by atoms with Crippen molar-refractivity contribution in [2.45, 2.75) is 91.6 Å². The molecule has 3 unspecified atom stereocenters. The van der Waals surface area contributed by atoms with Gasteiger partial charge in [-0.1, -0.05) is 44.5 Å². The summed E-state index contributed by atoms with van der Waals surface area (Å²) in [4.78, 5) is 58.6. The number of pyridine rings is 1. The predicted molar refractivity (Wildman–Crippen MR) is 220 cm³/mol. The van der Waals surface area contributed by atoms with Gasteiger partial charge in [0.1, 0.15) is 24.3 Å². The molecule has 4 rings (SSSR count). The highest BCUT2D eigenvalue weighted by Gasteiger charge is 2.39. The van der Waals surface area contributed by atoms with Crippen molar-refractivity contribution >= 4 is 23.6 Å². The lowest BCUT2D eigenvalue weighted by molar-refractivity contribution is -0.154. The average molecular weight is 814 g/mol. The van der Waals surface area contributed by atoms with Gasteiger partial charge in [-0.3, -0.25) is 23.9 Å². The summed E-state index contributed by atoms with van der Waals surface area (Å²) in [7, 11) is 1.25. The van der Waals surface area contributed by atoms with Gasteiger partial charge >= 0.3 is 11.7 Å². The molecule has 58 heavy (non-hydrogen) atoms. The van der Waals surface area contributed by atoms with Crippen LogP contribution in [0.3, 0.4) is 0 Å². The van der Waals surface area contributed by atoms with E-state index in [2.05, 4.69) is 31.0 Å². The number of ether oxygens (including phenoxy) is 5. The monoisotopic (exact) mass is 813 g/mol. The highest BCUT2D eigenvalue weighted by Crippen LogP contribution is 2.30. The molecule has 2 aromatic heterocycles. The van der Waals surface area contributed by atoms with Crippen molar-refractivity contribution < 1.29 is 44.5 Å². The van der Waals surface area contributed by atoms with Crippen molar-refractivity contribution in [2.75, 3.05) is 71.2 Å². The van der Waals surface area contributed by atoms with Gasteiger partial charge in [-0.2, -0.15) is 4.98 Å². The van der Waals surface area contributed by atoms with Crippen LogP contribution in [0.2, 0.25) is 0 Å². The Morgan fingerprint density at radius 2 is 1.71 bits per heavy atom. The zero-order chi connectivity index (χ0) is 43.5. The molecule has 1 aliphatic heterocycles. The largest absolute Gasteiger partial charge is 0.459 e. The van der Waals surface area contributed by atoms with Crippen LogP contribution < -0.4 is 21.6 Å². The number of benzene rings is 1. The van der Waals surface area contributed by atoms with Gasteiger partial charge in [0, 0.05) is 76.1 Å². The molecule has 0 radical (unpaired) electrons. The molecule has 0 spiro atoms. The van der Waals surface area contributed by atoms with Crippen LogP contribution in [0, 0.1) is 13.8 Å². The maximum atomic E-state index is 13.0. The maximum Gasteiger partial charge on any atom is 0.351 e. The number of aromatic nitrogens is 3. The molecule has 1 aliphatic rings. The number of unbranched alkanes of at least 4 members (excludes halogenated alkanes) is 1. The quantitative estimate of drug-likeness (QED) is 0.0634. The molecule has 16 heteroatoms. The van der Waals surface area contributed by atoms with E-state index in [-0.39, 0.29) is 37.7 Å². The molecule has 1 saturated heterocycles. The van der Waals surface area contributed by atoms with E-state index < -0.39 is 30.1 Å². The summed E-state index contributed by atoms with van der Waals surface area (Å²) < 4.78 is 42.6. The summed E-state index contributed by atoms with van der Waals surface area (Å²) in [5.41, 5.74) is 3.59. The second kappa shape index (κ2) is 26.3. The Balaban J connectivity index is 0.00000473. The first-order chi connectivity index (χ1) is 29.2. The Kier molecular flexibility index (Phi) is 20.1. The van der Waals surface area contributed by atoms with Gasteiger partial charge in [-0.15, -0.1) is 0 Å². The van der Waals surface area contributed by atoms with Crippen molar-refractivity contribution in [1.82, 2.24) is 25.2 Å². The Bertz CT molecular complexity index is 1800. The SMILES string of the molecule is [2H]OCC1OC(n2cc(C)c(NCCCOCCOCCOCCCNC(=O)c3ccnc(-c4cccc(C)c4)c3)nc2=O)CC1OC(=O)CCC(=O)NCCCC.[3H]C. The standard InChI is InChI=1S/C41H58N6O10.CH4/c1-4-5-14-43-36(49)11-12-38(50)57-34-26-37(56-35(34)28-48)47-27-30(3)39(46-41(47)52)44-15-7-18-53-20-22-55-23-21-54-19-8-16-45-40(51)32-13-17-42-33(25-32)31-10-6-9-29(2)24-31;/h6,9-10,13,17,24-25,27,34-35,37,48H,4-5,7-8,11-12,14-16,18-23,26,28H2,1-3H3,(H,43,49)(H,45,51)(H,44,46,52);1H4/i48D;1T. The van der Waals surface area contributed by atoms with E-state index >= 15 is 0 Å². The van der Waals surface area contributed by atoms with E-state index in [4.69, 9.17) is 26.5 Å². The van der Waals surface area contributed by atoms with Gasteiger partial charge in [0.05, 0.1) is 45.1 Å². The normalized spacial score (nSPS) is 16.4. The number of aliphatic hydroxyl groups is 1. The zero-order valence-corrected chi connectivity index (χ0v) is 34.3. The predicted octanol–water partition coefficient (Wildman–Crippen LogP) is 4.12. The van der Waals surface area contributed by atoms with Gasteiger partial charge in [-0.05, 0) is 51.3 Å². The molecule has 1 fully saturated rings. The third-order valence-electron chi connectivity index (χ3n) is 9.07. The van der Waals surface area contributed by atoms with E-state index in [1.165, 1.54) is 12.0 Å². The van der Waals surface area contributed by atoms with Crippen molar-refractivity contribution in [3.8, 4) is 11.3 Å². The molecule has 3 atom stereocenters. The van der Waals surface area contributed by atoms with Crippen LogP contribution in [0.25, 0.3) is 11.3 Å². The average Bonchev–Trinajstić information content (AvgIpc) is 3.64. The smallest absolute Gasteiger partial charge is 0.351 e. The maximum absolute atomic E-state index is 13.0. The highest BCUT2D eigenvalue weighted by atomic mass is 16.6. The highest BCUT2D eigenvalue weighted by molar-refractivity contribution is 5.95. The number of aliphatic hydroxyl groups excluding tert-OH is 1. The molecular weight excluding hydrogens is 748 g/mol. The van der Waals surface area contributed by atoms with E-state index in [0.717, 1.165) is 29.7 Å². The number of esters is 1. The van der Waals surface area contributed by atoms with Gasteiger partial charge in [-0.25, -0.2) is 4.79 Å². The van der Waals surface area contributed by atoms with E-state index in [0.29, 0.717) is 89.1 Å². The fraction of sp³-hybridized carbons (Fsp3) is 0.571. The van der Waals surface area contributed by atoms with Crippen LogP contribution in [0.1, 0.15) is 88.4 Å². The zero-order valence-electron chi connectivity index (χ0n) is 36.3. The van der Waals surface area contributed by atoms with Gasteiger partial charge in [0.15, 0.2) is 0 Å². The van der Waals surface area contributed by atoms with Crippen LogP contribution in [0.5, 0.6) is 0 Å². The summed E-state index contributed by atoms with van der Waals surface area (Å²) >= 11 is 0. The fourth-order valence-corrected chi connectivity index (χ4v) is 5.97. The molecule has 0 bridgehead atoms. The molecule has 3 heterocycles. The van der Waals surface area contributed by atoms with Crippen molar-refractivity contribution in [3.63, 3.8) is 0 Å². The topological polar surface area (TPSA) is 201 Å². The van der Waals surface area contributed by atoms with Crippen LogP contribution in [-0.4, -0.2) is 117 Å². The summed E-state index contributed by atoms with van der Waals surface area (Å²) in [6.07, 6.45) is 4.22. The van der Waals surface area contributed by atoms with E-state index in [1.807, 2.05) is 45.0 Å². The first-order valence-electron chi connectivity index (χ1n) is 21.2. The molecule has 0 saturated carbocycles. The Morgan fingerprint density at radius 3 is 2.43 bits per heavy atom. The van der Waals surface area contributed by atoms with Crippen LogP contribution in [0.4, 0.5) is 5.82 Å². The summed E-state index contributed by atoms with van der Waals surface area (Å²) in [6.45, 7) is 9.99. The third-order valence-corrected chi connectivity index (χ3v) is 9.07. The molecule has 320 valence electrons. The first-order valence-corrected chi connectivity index (χ1v) is 19.8. The number of aryl methyl sites for hydroxylation is 2. The van der Waals surface area contributed by atoms with Crippen LogP contribution in [0.15, 0.2) is 53.6 Å². The lowest BCUT2D eigenvalue weighted by atomic mass is 10.1. The summed E-state index contributed by atoms with van der Waals surface area (Å²) in [6, 6.07) is 11.5. The number of nitrogens with one attached hydrogen (secondary N) is 3. The third kappa shape index (κ3) is 16.3. The number of hydrogen-bond acceptors (Lipinski definition) is 13. The lowest BCUT2D eigenvalue weighted by Gasteiger charge is -2.17. The van der Waals surface area contributed by atoms with Crippen LogP contribution in [-0.2, 0) is 33.3 Å². The molecule has 3 aromatic rings. The van der Waals surface area contributed by atoms with Crippen LogP contribution >= 0.6 is 0 Å². The Labute approximate surface area is 344 Å². The number of hydrogen-bond donors (Lipinski definition) is 4.